The summed E-state index contributed by atoms with van der Waals surface area (Å²) in [6.07, 6.45) is 0.600. The minimum absolute atomic E-state index is 0.0991. The molecule has 0 aliphatic carbocycles. The lowest BCUT2D eigenvalue weighted by molar-refractivity contribution is -0.907. The van der Waals surface area contributed by atoms with Crippen LogP contribution in [0.4, 0.5) is 5.69 Å². The van der Waals surface area contributed by atoms with Crippen LogP contribution in [0.3, 0.4) is 0 Å². The average molecular weight is 393 g/mol. The number of quaternary nitrogens is 1. The molecule has 0 saturated carbocycles. The van der Waals surface area contributed by atoms with Crippen molar-refractivity contribution in [2.45, 2.75) is 39.4 Å². The van der Waals surface area contributed by atoms with Gasteiger partial charge in [-0.05, 0) is 26.3 Å². The van der Waals surface area contributed by atoms with E-state index in [1.165, 1.54) is 6.07 Å². The predicted octanol–water partition coefficient (Wildman–Crippen LogP) is 0.983. The molecule has 0 spiro atoms. The van der Waals surface area contributed by atoms with Crippen molar-refractivity contribution >= 4 is 15.5 Å². The number of nitro groups is 1. The zero-order valence-electron chi connectivity index (χ0n) is 15.8. The first-order valence-electron chi connectivity index (χ1n) is 8.96. The molecule has 1 saturated heterocycles. The lowest BCUT2D eigenvalue weighted by Gasteiger charge is -2.15. The molecular weight excluding hydrogens is 368 g/mol. The fourth-order valence-corrected chi connectivity index (χ4v) is 5.50. The molecule has 2 heterocycles. The van der Waals surface area contributed by atoms with Crippen LogP contribution in [-0.2, 0) is 22.9 Å². The zero-order chi connectivity index (χ0) is 19.8. The molecule has 27 heavy (non-hydrogen) atoms. The Hall–Kier alpha value is -2.26. The van der Waals surface area contributed by atoms with Crippen LogP contribution in [-0.4, -0.2) is 41.7 Å². The first kappa shape index (κ1) is 19.5. The van der Waals surface area contributed by atoms with E-state index >= 15 is 0 Å². The van der Waals surface area contributed by atoms with Crippen LogP contribution in [0.25, 0.3) is 0 Å². The molecule has 8 nitrogen and oxygen atoms in total. The third-order valence-corrected chi connectivity index (χ3v) is 6.94. The van der Waals surface area contributed by atoms with Crippen molar-refractivity contribution < 1.29 is 18.2 Å². The summed E-state index contributed by atoms with van der Waals surface area (Å²) in [5.41, 5.74) is 3.78. The molecule has 1 fully saturated rings. The topological polar surface area (TPSA) is 99.5 Å². The maximum absolute atomic E-state index is 11.8. The first-order chi connectivity index (χ1) is 12.7. The van der Waals surface area contributed by atoms with Gasteiger partial charge in [-0.15, -0.1) is 0 Å². The van der Waals surface area contributed by atoms with E-state index in [0.29, 0.717) is 25.1 Å². The zero-order valence-corrected chi connectivity index (χ0v) is 16.6. The van der Waals surface area contributed by atoms with Gasteiger partial charge in [-0.2, -0.15) is 5.10 Å². The van der Waals surface area contributed by atoms with Gasteiger partial charge in [0.15, 0.2) is 9.84 Å². The van der Waals surface area contributed by atoms with E-state index in [2.05, 4.69) is 5.10 Å². The Morgan fingerprint density at radius 2 is 2.00 bits per heavy atom. The van der Waals surface area contributed by atoms with Gasteiger partial charge in [0.05, 0.1) is 46.3 Å². The first-order valence-corrected chi connectivity index (χ1v) is 10.8. The second-order valence-electron chi connectivity index (χ2n) is 7.35. The summed E-state index contributed by atoms with van der Waals surface area (Å²) in [7, 11) is -0.977. The molecule has 1 N–H and O–H groups in total. The molecule has 1 aliphatic heterocycles. The van der Waals surface area contributed by atoms with Crippen LogP contribution in [0.5, 0.6) is 0 Å². The van der Waals surface area contributed by atoms with Crippen molar-refractivity contribution in [3.8, 4) is 0 Å². The molecule has 0 amide bonds. The summed E-state index contributed by atoms with van der Waals surface area (Å²) in [5, 5.41) is 15.8. The maximum Gasteiger partial charge on any atom is 0.278 e. The van der Waals surface area contributed by atoms with E-state index in [9.17, 15) is 18.5 Å². The number of nitro benzene ring substituents is 1. The highest BCUT2D eigenvalue weighted by Crippen LogP contribution is 2.26. The standard InChI is InChI=1S/C18H24N4O4S/c1-13-17(14(2)21(19-13)16-8-9-27(25,26)12-16)11-20(3)10-15-6-4-5-7-18(15)22(23)24/h4-7,16H,8-12H2,1-3H3/p+1/t16-/m0/s1. The van der Waals surface area contributed by atoms with Crippen molar-refractivity contribution in [1.82, 2.24) is 9.78 Å². The Morgan fingerprint density at radius 1 is 1.30 bits per heavy atom. The Bertz CT molecular complexity index is 968. The van der Waals surface area contributed by atoms with Gasteiger partial charge < -0.3 is 4.90 Å². The monoisotopic (exact) mass is 393 g/mol. The molecule has 1 aromatic heterocycles. The van der Waals surface area contributed by atoms with Crippen LogP contribution in [0.15, 0.2) is 24.3 Å². The highest BCUT2D eigenvalue weighted by Gasteiger charge is 2.32. The summed E-state index contributed by atoms with van der Waals surface area (Å²) in [6.45, 7) is 5.10. The molecule has 1 aliphatic rings. The number of rotatable bonds is 6. The molecular formula is C18H25N4O4S+. The van der Waals surface area contributed by atoms with Crippen molar-refractivity contribution in [2.75, 3.05) is 18.6 Å². The van der Waals surface area contributed by atoms with Gasteiger partial charge in [0.25, 0.3) is 5.69 Å². The Balaban J connectivity index is 1.77. The van der Waals surface area contributed by atoms with Crippen LogP contribution >= 0.6 is 0 Å². The number of sulfone groups is 1. The van der Waals surface area contributed by atoms with Crippen molar-refractivity contribution in [3.05, 3.63) is 56.9 Å². The molecule has 2 aromatic rings. The second-order valence-corrected chi connectivity index (χ2v) is 9.58. The number of hydrogen-bond donors (Lipinski definition) is 1. The van der Waals surface area contributed by atoms with Crippen molar-refractivity contribution in [3.63, 3.8) is 0 Å². The summed E-state index contributed by atoms with van der Waals surface area (Å²) in [5.74, 6) is 0.363. The fourth-order valence-electron chi connectivity index (χ4n) is 3.80. The molecule has 0 bridgehead atoms. The highest BCUT2D eigenvalue weighted by atomic mass is 32.2. The van der Waals surface area contributed by atoms with Gasteiger partial charge in [-0.25, -0.2) is 8.42 Å². The quantitative estimate of drug-likeness (QED) is 0.583. The number of nitrogens with one attached hydrogen (secondary N) is 1. The Kier molecular flexibility index (Phi) is 5.34. The molecule has 3 rings (SSSR count). The van der Waals surface area contributed by atoms with Crippen molar-refractivity contribution in [2.24, 2.45) is 0 Å². The number of nitrogens with zero attached hydrogens (tertiary/aromatic N) is 3. The predicted molar refractivity (Wildman–Crippen MR) is 101 cm³/mol. The molecule has 1 unspecified atom stereocenters. The summed E-state index contributed by atoms with van der Waals surface area (Å²) >= 11 is 0. The van der Waals surface area contributed by atoms with Gasteiger partial charge in [0, 0.05) is 11.8 Å². The van der Waals surface area contributed by atoms with Gasteiger partial charge in [0.1, 0.15) is 13.1 Å². The maximum atomic E-state index is 11.8. The van der Waals surface area contributed by atoms with Crippen LogP contribution in [0.2, 0.25) is 0 Å². The van der Waals surface area contributed by atoms with E-state index in [1.54, 1.807) is 12.1 Å². The Labute approximate surface area is 158 Å². The Morgan fingerprint density at radius 3 is 2.63 bits per heavy atom. The highest BCUT2D eigenvalue weighted by molar-refractivity contribution is 7.91. The third kappa shape index (κ3) is 4.19. The summed E-state index contributed by atoms with van der Waals surface area (Å²) in [4.78, 5) is 12.0. The summed E-state index contributed by atoms with van der Waals surface area (Å²) in [6, 6.07) is 6.69. The van der Waals surface area contributed by atoms with Crippen LogP contribution < -0.4 is 4.90 Å². The molecule has 1 aromatic carbocycles. The van der Waals surface area contributed by atoms with E-state index in [1.807, 2.05) is 31.6 Å². The number of para-hydroxylation sites is 1. The van der Waals surface area contributed by atoms with E-state index in [4.69, 9.17) is 0 Å². The van der Waals surface area contributed by atoms with Gasteiger partial charge in [0.2, 0.25) is 0 Å². The second kappa shape index (κ2) is 7.40. The van der Waals surface area contributed by atoms with E-state index < -0.39 is 9.84 Å². The number of hydrogen-bond acceptors (Lipinski definition) is 5. The number of benzene rings is 1. The lowest BCUT2D eigenvalue weighted by atomic mass is 10.1. The van der Waals surface area contributed by atoms with E-state index in [0.717, 1.165) is 21.9 Å². The lowest BCUT2D eigenvalue weighted by Crippen LogP contribution is -3.06. The van der Waals surface area contributed by atoms with Crippen molar-refractivity contribution in [1.29, 1.82) is 0 Å². The van der Waals surface area contributed by atoms with Crippen LogP contribution in [0.1, 0.15) is 35.0 Å². The van der Waals surface area contributed by atoms with Gasteiger partial charge in [-0.1, -0.05) is 12.1 Å². The van der Waals surface area contributed by atoms with E-state index in [-0.39, 0.29) is 28.2 Å². The molecule has 0 radical (unpaired) electrons. The minimum atomic E-state index is -2.97. The third-order valence-electron chi connectivity index (χ3n) is 5.19. The van der Waals surface area contributed by atoms with Gasteiger partial charge >= 0.3 is 0 Å². The fraction of sp³-hybridized carbons (Fsp3) is 0.500. The smallest absolute Gasteiger partial charge is 0.278 e. The SMILES string of the molecule is Cc1nn([C@H]2CCS(=O)(=O)C2)c(C)c1C[NH+](C)Cc1ccccc1[N+](=O)[O-]. The number of aromatic nitrogens is 2. The molecule has 146 valence electrons. The minimum Gasteiger partial charge on any atom is -0.330 e. The average Bonchev–Trinajstić information content (AvgIpc) is 3.08. The normalized spacial score (nSPS) is 19.9. The number of aryl methyl sites for hydroxylation is 1. The largest absolute Gasteiger partial charge is 0.330 e. The molecule has 2 atom stereocenters. The molecule has 9 heteroatoms. The van der Waals surface area contributed by atoms with Crippen LogP contribution in [0, 0.1) is 24.0 Å². The van der Waals surface area contributed by atoms with Gasteiger partial charge in [-0.3, -0.25) is 14.8 Å². The summed E-state index contributed by atoms with van der Waals surface area (Å²) < 4.78 is 25.4.